The molecule has 0 aliphatic heterocycles. The summed E-state index contributed by atoms with van der Waals surface area (Å²) in [6.07, 6.45) is 10.1. The van der Waals surface area contributed by atoms with Gasteiger partial charge in [0, 0.05) is 0 Å². The van der Waals surface area contributed by atoms with E-state index < -0.39 is 9.53 Å². The first-order valence-corrected chi connectivity index (χ1v) is 5.56. The zero-order valence-electron chi connectivity index (χ0n) is 8.27. The lowest BCUT2D eigenvalue weighted by Crippen LogP contribution is -2.20. The maximum absolute atomic E-state index is 5.21. The van der Waals surface area contributed by atoms with Crippen LogP contribution in [0.15, 0.2) is 37.0 Å². The van der Waals surface area contributed by atoms with Gasteiger partial charge < -0.3 is 13.3 Å². The molecule has 0 amide bonds. The number of hydrogen-bond donors (Lipinski definition) is 0. The highest BCUT2D eigenvalue weighted by atomic mass is 28.3. The summed E-state index contributed by atoms with van der Waals surface area (Å²) in [7, 11) is -2.05. The van der Waals surface area contributed by atoms with E-state index in [0.717, 1.165) is 0 Å². The average molecular weight is 200 g/mol. The molecule has 0 heterocycles. The van der Waals surface area contributed by atoms with Crippen molar-refractivity contribution < 1.29 is 13.3 Å². The molecule has 0 unspecified atom stereocenters. The van der Waals surface area contributed by atoms with Gasteiger partial charge in [-0.1, -0.05) is 18.2 Å². The van der Waals surface area contributed by atoms with Gasteiger partial charge in [0.15, 0.2) is 0 Å². The van der Waals surface area contributed by atoms with E-state index in [1.54, 1.807) is 37.0 Å². The molecule has 0 aromatic carbocycles. The third-order valence-electron chi connectivity index (χ3n) is 0.977. The van der Waals surface area contributed by atoms with E-state index in [9.17, 15) is 0 Å². The van der Waals surface area contributed by atoms with Crippen molar-refractivity contribution in [2.24, 2.45) is 0 Å². The van der Waals surface area contributed by atoms with Crippen LogP contribution in [0.5, 0.6) is 0 Å². The average Bonchev–Trinajstić information content (AvgIpc) is 2.17. The topological polar surface area (TPSA) is 27.7 Å². The second-order valence-electron chi connectivity index (χ2n) is 2.11. The fourth-order valence-corrected chi connectivity index (χ4v) is 1.57. The SMILES string of the molecule is CC=CO[SiH](OC=CC)OC=CC. The molecule has 4 heteroatoms. The molecule has 0 aliphatic carbocycles. The smallest absolute Gasteiger partial charge is 0.493 e. The fraction of sp³-hybridized carbons (Fsp3) is 0.333. The summed E-state index contributed by atoms with van der Waals surface area (Å²) >= 11 is 0. The lowest BCUT2D eigenvalue weighted by Gasteiger charge is -2.11. The van der Waals surface area contributed by atoms with Gasteiger partial charge in [0.2, 0.25) is 0 Å². The second kappa shape index (κ2) is 8.93. The standard InChI is InChI=1S/C9H16O3Si/c1-4-7-10-13(11-8-5-2)12-9-6-3/h4-9,13H,1-3H3. The zero-order valence-corrected chi connectivity index (χ0v) is 9.42. The van der Waals surface area contributed by atoms with Crippen molar-refractivity contribution in [2.75, 3.05) is 0 Å². The van der Waals surface area contributed by atoms with Gasteiger partial charge in [-0.05, 0) is 20.8 Å². The minimum atomic E-state index is -2.05. The summed E-state index contributed by atoms with van der Waals surface area (Å²) < 4.78 is 15.6. The van der Waals surface area contributed by atoms with Crippen LogP contribution >= 0.6 is 0 Å². The molecule has 0 rings (SSSR count). The predicted octanol–water partition coefficient (Wildman–Crippen LogP) is 2.35. The molecule has 0 aliphatic rings. The normalized spacial score (nSPS) is 14.1. The van der Waals surface area contributed by atoms with Gasteiger partial charge in [-0.3, -0.25) is 0 Å². The van der Waals surface area contributed by atoms with E-state index in [2.05, 4.69) is 0 Å². The molecule has 0 fully saturated rings. The lowest BCUT2D eigenvalue weighted by molar-refractivity contribution is 0.223. The summed E-state index contributed by atoms with van der Waals surface area (Å²) in [5, 5.41) is 0. The van der Waals surface area contributed by atoms with Gasteiger partial charge in [-0.15, -0.1) is 0 Å². The number of rotatable bonds is 6. The van der Waals surface area contributed by atoms with Gasteiger partial charge in [0.1, 0.15) is 0 Å². The molecule has 0 saturated carbocycles. The molecule has 0 aromatic heterocycles. The van der Waals surface area contributed by atoms with Crippen LogP contribution < -0.4 is 0 Å². The van der Waals surface area contributed by atoms with Gasteiger partial charge >= 0.3 is 9.53 Å². The Morgan fingerprint density at radius 1 is 0.692 bits per heavy atom. The van der Waals surface area contributed by atoms with Crippen LogP contribution in [0.2, 0.25) is 0 Å². The Bertz CT molecular complexity index is 154. The Kier molecular flexibility index (Phi) is 8.13. The van der Waals surface area contributed by atoms with Crippen LogP contribution in [0.4, 0.5) is 0 Å². The first kappa shape index (κ1) is 11.8. The minimum absolute atomic E-state index is 1.57. The highest BCUT2D eigenvalue weighted by Crippen LogP contribution is 1.95. The van der Waals surface area contributed by atoms with Crippen LogP contribution in [-0.2, 0) is 13.3 Å². The van der Waals surface area contributed by atoms with Crippen molar-refractivity contribution in [1.29, 1.82) is 0 Å². The predicted molar refractivity (Wildman–Crippen MR) is 54.8 cm³/mol. The van der Waals surface area contributed by atoms with Gasteiger partial charge in [-0.25, -0.2) is 0 Å². The van der Waals surface area contributed by atoms with E-state index in [4.69, 9.17) is 13.3 Å². The van der Waals surface area contributed by atoms with Crippen molar-refractivity contribution in [2.45, 2.75) is 20.8 Å². The van der Waals surface area contributed by atoms with Crippen LogP contribution in [0.3, 0.4) is 0 Å². The maximum atomic E-state index is 5.21. The Morgan fingerprint density at radius 3 is 1.23 bits per heavy atom. The molecular weight excluding hydrogens is 184 g/mol. The van der Waals surface area contributed by atoms with E-state index in [1.165, 1.54) is 0 Å². The van der Waals surface area contributed by atoms with E-state index in [0.29, 0.717) is 0 Å². The summed E-state index contributed by atoms with van der Waals surface area (Å²) in [6.45, 7) is 5.62. The highest BCUT2D eigenvalue weighted by molar-refractivity contribution is 6.37. The van der Waals surface area contributed by atoms with Crippen LogP contribution in [0.1, 0.15) is 20.8 Å². The third-order valence-corrected chi connectivity index (χ3v) is 2.12. The quantitative estimate of drug-likeness (QED) is 0.486. The molecule has 3 nitrogen and oxygen atoms in total. The Morgan fingerprint density at radius 2 is 1.00 bits per heavy atom. The maximum Gasteiger partial charge on any atom is 0.681 e. The van der Waals surface area contributed by atoms with Gasteiger partial charge in [0.25, 0.3) is 0 Å². The molecule has 0 atom stereocenters. The fourth-order valence-electron chi connectivity index (χ4n) is 0.524. The van der Waals surface area contributed by atoms with Crippen molar-refractivity contribution in [3.8, 4) is 0 Å². The van der Waals surface area contributed by atoms with Gasteiger partial charge in [-0.2, -0.15) is 0 Å². The monoisotopic (exact) mass is 200 g/mol. The van der Waals surface area contributed by atoms with Crippen LogP contribution in [-0.4, -0.2) is 9.53 Å². The van der Waals surface area contributed by atoms with Crippen LogP contribution in [0.25, 0.3) is 0 Å². The Hall–Kier alpha value is -1.16. The van der Waals surface area contributed by atoms with Crippen LogP contribution in [0, 0.1) is 0 Å². The van der Waals surface area contributed by atoms with Crippen molar-refractivity contribution in [1.82, 2.24) is 0 Å². The first-order chi connectivity index (χ1) is 6.35. The summed E-state index contributed by atoms with van der Waals surface area (Å²) in [5.74, 6) is 0. The molecule has 0 spiro atoms. The molecule has 74 valence electrons. The third kappa shape index (κ3) is 7.21. The van der Waals surface area contributed by atoms with E-state index in [-0.39, 0.29) is 0 Å². The molecular formula is C9H16O3Si. The van der Waals surface area contributed by atoms with Crippen molar-refractivity contribution in [3.05, 3.63) is 37.0 Å². The zero-order chi connectivity index (χ0) is 9.94. The molecule has 0 radical (unpaired) electrons. The molecule has 0 aromatic rings. The molecule has 13 heavy (non-hydrogen) atoms. The summed E-state index contributed by atoms with van der Waals surface area (Å²) in [6, 6.07) is 0. The highest BCUT2D eigenvalue weighted by Gasteiger charge is 2.14. The second-order valence-corrected chi connectivity index (χ2v) is 3.50. The van der Waals surface area contributed by atoms with Crippen molar-refractivity contribution in [3.63, 3.8) is 0 Å². The number of hydrogen-bond acceptors (Lipinski definition) is 3. The largest absolute Gasteiger partial charge is 0.681 e. The Balaban J connectivity index is 3.86. The summed E-state index contributed by atoms with van der Waals surface area (Å²) in [4.78, 5) is 0. The van der Waals surface area contributed by atoms with E-state index >= 15 is 0 Å². The molecule has 0 saturated heterocycles. The molecule has 0 bridgehead atoms. The minimum Gasteiger partial charge on any atom is -0.493 e. The Labute approximate surface area is 81.3 Å². The van der Waals surface area contributed by atoms with E-state index in [1.807, 2.05) is 20.8 Å². The lowest BCUT2D eigenvalue weighted by atomic mass is 10.7. The number of allylic oxidation sites excluding steroid dienone is 3. The van der Waals surface area contributed by atoms with Crippen molar-refractivity contribution >= 4 is 9.53 Å². The van der Waals surface area contributed by atoms with Gasteiger partial charge in [0.05, 0.1) is 18.8 Å². The molecule has 0 N–H and O–H groups in total. The summed E-state index contributed by atoms with van der Waals surface area (Å²) in [5.41, 5.74) is 0. The first-order valence-electron chi connectivity index (χ1n) is 4.15.